The molecule has 0 bridgehead atoms. The summed E-state index contributed by atoms with van der Waals surface area (Å²) in [5.41, 5.74) is 6.01. The van der Waals surface area contributed by atoms with Crippen LogP contribution in [-0.2, 0) is 11.3 Å². The van der Waals surface area contributed by atoms with E-state index in [4.69, 9.17) is 5.73 Å². The lowest BCUT2D eigenvalue weighted by Crippen LogP contribution is -2.36. The molecule has 6 nitrogen and oxygen atoms in total. The first-order valence-corrected chi connectivity index (χ1v) is 7.16. The largest absolute Gasteiger partial charge is 0.346 e. The highest BCUT2D eigenvalue weighted by molar-refractivity contribution is 5.76. The Morgan fingerprint density at radius 2 is 2.32 bits per heavy atom. The van der Waals surface area contributed by atoms with Crippen LogP contribution in [0, 0.1) is 5.92 Å². The van der Waals surface area contributed by atoms with Crippen molar-refractivity contribution in [3.05, 3.63) is 12.2 Å². The molecule has 0 saturated heterocycles. The zero-order valence-corrected chi connectivity index (χ0v) is 11.1. The Hall–Kier alpha value is -1.43. The second-order valence-corrected chi connectivity index (χ2v) is 5.66. The van der Waals surface area contributed by atoms with E-state index < -0.39 is 0 Å². The van der Waals surface area contributed by atoms with Crippen molar-refractivity contribution in [1.82, 2.24) is 20.1 Å². The summed E-state index contributed by atoms with van der Waals surface area (Å²) in [7, 11) is 0. The molecule has 1 amide bonds. The van der Waals surface area contributed by atoms with Gasteiger partial charge in [-0.1, -0.05) is 6.42 Å². The Morgan fingerprint density at radius 1 is 1.42 bits per heavy atom. The highest BCUT2D eigenvalue weighted by atomic mass is 16.1. The standard InChI is InChI=1S/C13H21N5O/c14-10-4-1-3-9(10)7-12(19)17-11-5-2-6-18-13(11)15-8-16-18/h8-11H,1-7,14H2,(H,17,19)/t9-,10+,11?/m0/s1. The van der Waals surface area contributed by atoms with Crippen LogP contribution in [-0.4, -0.2) is 26.7 Å². The number of fused-ring (bicyclic) bond motifs is 1. The van der Waals surface area contributed by atoms with Crippen LogP contribution in [0.2, 0.25) is 0 Å². The highest BCUT2D eigenvalue weighted by Gasteiger charge is 2.28. The van der Waals surface area contributed by atoms with Gasteiger partial charge in [0.15, 0.2) is 0 Å². The molecule has 0 spiro atoms. The number of amides is 1. The van der Waals surface area contributed by atoms with Gasteiger partial charge >= 0.3 is 0 Å². The first kappa shape index (κ1) is 12.6. The second-order valence-electron chi connectivity index (χ2n) is 5.66. The van der Waals surface area contributed by atoms with E-state index in [1.54, 1.807) is 6.33 Å². The summed E-state index contributed by atoms with van der Waals surface area (Å²) in [6, 6.07) is 0.210. The average Bonchev–Trinajstić information content (AvgIpc) is 3.00. The molecular formula is C13H21N5O. The van der Waals surface area contributed by atoms with Gasteiger partial charge in [0.25, 0.3) is 0 Å². The molecule has 3 atom stereocenters. The number of carbonyl (C=O) groups is 1. The zero-order valence-electron chi connectivity index (χ0n) is 11.1. The first-order chi connectivity index (χ1) is 9.24. The van der Waals surface area contributed by atoms with Crippen LogP contribution in [0.5, 0.6) is 0 Å². The lowest BCUT2D eigenvalue weighted by atomic mass is 9.99. The van der Waals surface area contributed by atoms with Crippen molar-refractivity contribution in [3.8, 4) is 0 Å². The van der Waals surface area contributed by atoms with Gasteiger partial charge < -0.3 is 11.1 Å². The number of rotatable bonds is 3. The third-order valence-electron chi connectivity index (χ3n) is 4.32. The van der Waals surface area contributed by atoms with Gasteiger partial charge in [-0.15, -0.1) is 0 Å². The number of nitrogens with zero attached hydrogens (tertiary/aromatic N) is 3. The molecule has 2 aliphatic rings. The van der Waals surface area contributed by atoms with Crippen molar-refractivity contribution in [2.45, 2.75) is 57.2 Å². The molecular weight excluding hydrogens is 242 g/mol. The Bertz CT molecular complexity index is 458. The van der Waals surface area contributed by atoms with Gasteiger partial charge in [-0.2, -0.15) is 5.10 Å². The quantitative estimate of drug-likeness (QED) is 0.842. The van der Waals surface area contributed by atoms with Crippen LogP contribution >= 0.6 is 0 Å². The van der Waals surface area contributed by atoms with Gasteiger partial charge in [0.2, 0.25) is 5.91 Å². The van der Waals surface area contributed by atoms with Crippen LogP contribution in [0.25, 0.3) is 0 Å². The smallest absolute Gasteiger partial charge is 0.220 e. The predicted octanol–water partition coefficient (Wildman–Crippen LogP) is 0.747. The molecule has 0 radical (unpaired) electrons. The Balaban J connectivity index is 1.59. The molecule has 19 heavy (non-hydrogen) atoms. The number of aromatic nitrogens is 3. The number of aryl methyl sites for hydroxylation is 1. The molecule has 1 aliphatic carbocycles. The molecule has 3 rings (SSSR count). The van der Waals surface area contributed by atoms with Crippen LogP contribution in [0.15, 0.2) is 6.33 Å². The minimum atomic E-state index is 0.0152. The Morgan fingerprint density at radius 3 is 3.11 bits per heavy atom. The third-order valence-corrected chi connectivity index (χ3v) is 4.32. The lowest BCUT2D eigenvalue weighted by molar-refractivity contribution is -0.123. The van der Waals surface area contributed by atoms with Crippen molar-refractivity contribution in [2.24, 2.45) is 11.7 Å². The number of hydrogen-bond donors (Lipinski definition) is 2. The summed E-state index contributed by atoms with van der Waals surface area (Å²) in [6.45, 7) is 0.898. The minimum Gasteiger partial charge on any atom is -0.346 e. The van der Waals surface area contributed by atoms with Gasteiger partial charge in [0.05, 0.1) is 6.04 Å². The Labute approximate surface area is 112 Å². The van der Waals surface area contributed by atoms with Gasteiger partial charge in [0.1, 0.15) is 12.2 Å². The molecule has 6 heteroatoms. The fourth-order valence-corrected chi connectivity index (χ4v) is 3.24. The number of nitrogens with one attached hydrogen (secondary N) is 1. The highest BCUT2D eigenvalue weighted by Crippen LogP contribution is 2.28. The van der Waals surface area contributed by atoms with Crippen molar-refractivity contribution < 1.29 is 4.79 Å². The summed E-state index contributed by atoms with van der Waals surface area (Å²) in [5.74, 6) is 1.33. The van der Waals surface area contributed by atoms with E-state index in [2.05, 4.69) is 15.4 Å². The lowest BCUT2D eigenvalue weighted by Gasteiger charge is -2.24. The number of nitrogens with two attached hydrogens (primary N) is 1. The maximum atomic E-state index is 12.1. The molecule has 1 aromatic rings. The van der Waals surface area contributed by atoms with Gasteiger partial charge in [-0.25, -0.2) is 9.67 Å². The van der Waals surface area contributed by atoms with E-state index >= 15 is 0 Å². The number of hydrogen-bond acceptors (Lipinski definition) is 4. The average molecular weight is 263 g/mol. The summed E-state index contributed by atoms with van der Waals surface area (Å²) >= 11 is 0. The molecule has 0 aromatic carbocycles. The van der Waals surface area contributed by atoms with Crippen LogP contribution in [0.1, 0.15) is 50.4 Å². The van der Waals surface area contributed by atoms with Crippen molar-refractivity contribution in [1.29, 1.82) is 0 Å². The molecule has 104 valence electrons. The minimum absolute atomic E-state index is 0.0152. The van der Waals surface area contributed by atoms with E-state index in [0.717, 1.165) is 44.5 Å². The van der Waals surface area contributed by atoms with Gasteiger partial charge in [-0.05, 0) is 31.6 Å². The van der Waals surface area contributed by atoms with Crippen molar-refractivity contribution >= 4 is 5.91 Å². The normalized spacial score (nSPS) is 30.1. The molecule has 2 heterocycles. The predicted molar refractivity (Wildman–Crippen MR) is 70.1 cm³/mol. The molecule has 3 N–H and O–H groups in total. The molecule has 1 fully saturated rings. The third kappa shape index (κ3) is 2.63. The first-order valence-electron chi connectivity index (χ1n) is 7.16. The van der Waals surface area contributed by atoms with E-state index in [1.807, 2.05) is 4.68 Å². The summed E-state index contributed by atoms with van der Waals surface area (Å²) in [4.78, 5) is 16.4. The SMILES string of the molecule is N[C@@H]1CCC[C@H]1CC(=O)NC1CCCn2ncnc21. The monoisotopic (exact) mass is 263 g/mol. The van der Waals surface area contributed by atoms with E-state index in [1.165, 1.54) is 0 Å². The maximum Gasteiger partial charge on any atom is 0.220 e. The van der Waals surface area contributed by atoms with Crippen molar-refractivity contribution in [3.63, 3.8) is 0 Å². The second kappa shape index (κ2) is 5.28. The molecule has 1 aromatic heterocycles. The number of carbonyl (C=O) groups excluding carboxylic acids is 1. The Kier molecular flexibility index (Phi) is 3.50. The summed E-state index contributed by atoms with van der Waals surface area (Å²) in [5, 5.41) is 7.25. The van der Waals surface area contributed by atoms with Gasteiger partial charge in [-0.3, -0.25) is 4.79 Å². The maximum absolute atomic E-state index is 12.1. The molecule has 1 saturated carbocycles. The van der Waals surface area contributed by atoms with Gasteiger partial charge in [0, 0.05) is 19.0 Å². The zero-order chi connectivity index (χ0) is 13.2. The molecule has 1 unspecified atom stereocenters. The van der Waals surface area contributed by atoms with E-state index in [0.29, 0.717) is 12.3 Å². The topological polar surface area (TPSA) is 85.8 Å². The summed E-state index contributed by atoms with van der Waals surface area (Å²) in [6.07, 6.45) is 7.37. The van der Waals surface area contributed by atoms with Crippen LogP contribution in [0.4, 0.5) is 0 Å². The van der Waals surface area contributed by atoms with Crippen molar-refractivity contribution in [2.75, 3.05) is 0 Å². The van der Waals surface area contributed by atoms with Crippen LogP contribution in [0.3, 0.4) is 0 Å². The van der Waals surface area contributed by atoms with Crippen LogP contribution < -0.4 is 11.1 Å². The van der Waals surface area contributed by atoms with E-state index in [9.17, 15) is 4.79 Å². The molecule has 1 aliphatic heterocycles. The fraction of sp³-hybridized carbons (Fsp3) is 0.769. The van der Waals surface area contributed by atoms with E-state index in [-0.39, 0.29) is 18.0 Å². The fourth-order valence-electron chi connectivity index (χ4n) is 3.24. The summed E-state index contributed by atoms with van der Waals surface area (Å²) < 4.78 is 1.88.